The second-order valence-corrected chi connectivity index (χ2v) is 5.73. The van der Waals surface area contributed by atoms with Crippen LogP contribution in [-0.2, 0) is 11.8 Å². The molecule has 1 aromatic carbocycles. The molecule has 2 amide bonds. The Morgan fingerprint density at radius 2 is 1.95 bits per heavy atom. The van der Waals surface area contributed by atoms with E-state index in [1.165, 1.54) is 6.07 Å². The molecule has 1 aliphatic heterocycles. The second-order valence-electron chi connectivity index (χ2n) is 5.73. The van der Waals surface area contributed by atoms with Gasteiger partial charge in [0.15, 0.2) is 0 Å². The predicted molar refractivity (Wildman–Crippen MR) is 80.7 cm³/mol. The van der Waals surface area contributed by atoms with Crippen molar-refractivity contribution in [1.82, 2.24) is 9.47 Å². The normalized spacial score (nSPS) is 16.2. The van der Waals surface area contributed by atoms with Crippen molar-refractivity contribution in [3.8, 4) is 0 Å². The molecule has 1 saturated heterocycles. The number of primary amides is 1. The largest absolute Gasteiger partial charge is 0.369 e. The summed E-state index contributed by atoms with van der Waals surface area (Å²) in [4.78, 5) is 25.5. The third-order valence-electron chi connectivity index (χ3n) is 4.44. The van der Waals surface area contributed by atoms with Crippen molar-refractivity contribution in [2.24, 2.45) is 18.7 Å². The number of nitrogens with zero attached hydrogens (tertiary/aromatic N) is 2. The third kappa shape index (κ3) is 2.34. The number of hydrogen-bond acceptors (Lipinski definition) is 2. The van der Waals surface area contributed by atoms with Gasteiger partial charge in [0.2, 0.25) is 5.91 Å². The van der Waals surface area contributed by atoms with Crippen molar-refractivity contribution in [2.45, 2.75) is 12.8 Å². The zero-order valence-corrected chi connectivity index (χ0v) is 12.4. The summed E-state index contributed by atoms with van der Waals surface area (Å²) >= 11 is 0. The van der Waals surface area contributed by atoms with Crippen molar-refractivity contribution in [1.29, 1.82) is 0 Å². The molecular weight excluding hydrogens is 285 g/mol. The van der Waals surface area contributed by atoms with E-state index < -0.39 is 0 Å². The second kappa shape index (κ2) is 5.44. The Kier molecular flexibility index (Phi) is 3.60. The molecule has 22 heavy (non-hydrogen) atoms. The minimum atomic E-state index is -0.334. The van der Waals surface area contributed by atoms with Gasteiger partial charge in [-0.1, -0.05) is 6.07 Å². The van der Waals surface area contributed by atoms with Gasteiger partial charge in [0.25, 0.3) is 5.91 Å². The Morgan fingerprint density at radius 3 is 2.55 bits per heavy atom. The molecule has 0 spiro atoms. The highest BCUT2D eigenvalue weighted by Crippen LogP contribution is 2.24. The summed E-state index contributed by atoms with van der Waals surface area (Å²) in [7, 11) is 1.76. The van der Waals surface area contributed by atoms with Gasteiger partial charge in [0, 0.05) is 31.4 Å². The average molecular weight is 303 g/mol. The van der Waals surface area contributed by atoms with E-state index in [0.29, 0.717) is 42.5 Å². The summed E-state index contributed by atoms with van der Waals surface area (Å²) in [5.74, 6) is -0.937. The van der Waals surface area contributed by atoms with Gasteiger partial charge in [-0.3, -0.25) is 9.59 Å². The summed E-state index contributed by atoms with van der Waals surface area (Å²) < 4.78 is 15.5. The van der Waals surface area contributed by atoms with Crippen LogP contribution >= 0.6 is 0 Å². The van der Waals surface area contributed by atoms with Crippen molar-refractivity contribution in [2.75, 3.05) is 13.1 Å². The molecule has 2 heterocycles. The highest BCUT2D eigenvalue weighted by molar-refractivity contribution is 5.99. The quantitative estimate of drug-likeness (QED) is 0.916. The summed E-state index contributed by atoms with van der Waals surface area (Å²) in [6.07, 6.45) is 1.17. The lowest BCUT2D eigenvalue weighted by Crippen LogP contribution is -2.42. The number of rotatable bonds is 2. The van der Waals surface area contributed by atoms with E-state index in [2.05, 4.69) is 0 Å². The maximum atomic E-state index is 13.8. The van der Waals surface area contributed by atoms with Crippen molar-refractivity contribution in [3.63, 3.8) is 0 Å². The molecule has 3 rings (SSSR count). The molecule has 2 aromatic rings. The van der Waals surface area contributed by atoms with Crippen molar-refractivity contribution < 1.29 is 14.0 Å². The van der Waals surface area contributed by atoms with Gasteiger partial charge in [0.05, 0.1) is 5.52 Å². The number of piperidine rings is 1. The summed E-state index contributed by atoms with van der Waals surface area (Å²) in [6, 6.07) is 6.39. The molecule has 2 N–H and O–H groups in total. The van der Waals surface area contributed by atoms with Crippen LogP contribution in [0, 0.1) is 11.7 Å². The van der Waals surface area contributed by atoms with Crippen LogP contribution in [0.1, 0.15) is 23.3 Å². The fourth-order valence-corrected chi connectivity index (χ4v) is 3.06. The first-order chi connectivity index (χ1) is 10.5. The van der Waals surface area contributed by atoms with Crippen LogP contribution in [0.15, 0.2) is 24.3 Å². The lowest BCUT2D eigenvalue weighted by molar-refractivity contribution is -0.123. The molecule has 5 nitrogen and oxygen atoms in total. The van der Waals surface area contributed by atoms with Gasteiger partial charge in [-0.15, -0.1) is 0 Å². The number of benzene rings is 1. The Balaban J connectivity index is 1.86. The van der Waals surface area contributed by atoms with Crippen LogP contribution in [0.5, 0.6) is 0 Å². The monoisotopic (exact) mass is 303 g/mol. The number of aryl methyl sites for hydroxylation is 1. The van der Waals surface area contributed by atoms with E-state index in [-0.39, 0.29) is 23.5 Å². The molecule has 1 fully saturated rings. The van der Waals surface area contributed by atoms with Crippen LogP contribution in [0.4, 0.5) is 4.39 Å². The summed E-state index contributed by atoms with van der Waals surface area (Å²) in [5.41, 5.74) is 6.45. The van der Waals surface area contributed by atoms with Crippen LogP contribution in [0.2, 0.25) is 0 Å². The molecule has 116 valence electrons. The maximum absolute atomic E-state index is 13.8. The van der Waals surface area contributed by atoms with E-state index in [1.54, 1.807) is 34.7 Å². The van der Waals surface area contributed by atoms with Gasteiger partial charge in [0.1, 0.15) is 11.5 Å². The van der Waals surface area contributed by atoms with Gasteiger partial charge in [-0.25, -0.2) is 4.39 Å². The molecular formula is C16H18FN3O2. The minimum Gasteiger partial charge on any atom is -0.369 e. The molecule has 0 unspecified atom stereocenters. The van der Waals surface area contributed by atoms with Crippen LogP contribution < -0.4 is 5.73 Å². The maximum Gasteiger partial charge on any atom is 0.270 e. The van der Waals surface area contributed by atoms with Crippen LogP contribution in [0.25, 0.3) is 10.9 Å². The number of carbonyl (C=O) groups excluding carboxylic acids is 2. The predicted octanol–water partition coefficient (Wildman–Crippen LogP) is 1.65. The number of aromatic nitrogens is 1. The third-order valence-corrected chi connectivity index (χ3v) is 4.44. The van der Waals surface area contributed by atoms with E-state index in [1.807, 2.05) is 0 Å². The van der Waals surface area contributed by atoms with E-state index in [9.17, 15) is 14.0 Å². The Morgan fingerprint density at radius 1 is 1.27 bits per heavy atom. The van der Waals surface area contributed by atoms with Gasteiger partial charge >= 0.3 is 0 Å². The minimum absolute atomic E-state index is 0.138. The summed E-state index contributed by atoms with van der Waals surface area (Å²) in [6.45, 7) is 0.993. The zero-order chi connectivity index (χ0) is 15.9. The Labute approximate surface area is 127 Å². The number of hydrogen-bond donors (Lipinski definition) is 1. The number of nitrogens with two attached hydrogens (primary N) is 1. The standard InChI is InChI=1S/C16H18FN3O2/c1-19-13-4-2-3-12(17)11(13)9-14(19)16(22)20-7-5-10(6-8-20)15(18)21/h2-4,9-10H,5-8H2,1H3,(H2,18,21). The van der Waals surface area contributed by atoms with Crippen LogP contribution in [0.3, 0.4) is 0 Å². The molecule has 1 aromatic heterocycles. The Bertz CT molecular complexity index is 745. The Hall–Kier alpha value is -2.37. The van der Waals surface area contributed by atoms with E-state index >= 15 is 0 Å². The van der Waals surface area contributed by atoms with Crippen molar-refractivity contribution in [3.05, 3.63) is 35.8 Å². The van der Waals surface area contributed by atoms with E-state index in [4.69, 9.17) is 5.73 Å². The topological polar surface area (TPSA) is 68.3 Å². The molecule has 1 aliphatic rings. The molecule has 6 heteroatoms. The highest BCUT2D eigenvalue weighted by Gasteiger charge is 2.28. The fraction of sp³-hybridized carbons (Fsp3) is 0.375. The lowest BCUT2D eigenvalue weighted by atomic mass is 9.96. The SMILES string of the molecule is Cn1c(C(=O)N2CCC(C(N)=O)CC2)cc2c(F)cccc21. The number of likely N-dealkylation sites (tertiary alicyclic amines) is 1. The number of carbonyl (C=O) groups is 2. The molecule has 0 radical (unpaired) electrons. The van der Waals surface area contributed by atoms with E-state index in [0.717, 1.165) is 0 Å². The van der Waals surface area contributed by atoms with Crippen LogP contribution in [-0.4, -0.2) is 34.4 Å². The van der Waals surface area contributed by atoms with Gasteiger partial charge in [-0.05, 0) is 31.0 Å². The van der Waals surface area contributed by atoms with Gasteiger partial charge < -0.3 is 15.2 Å². The first-order valence-corrected chi connectivity index (χ1v) is 7.31. The summed E-state index contributed by atoms with van der Waals surface area (Å²) in [5, 5.41) is 0.445. The first kappa shape index (κ1) is 14.6. The fourth-order valence-electron chi connectivity index (χ4n) is 3.06. The lowest BCUT2D eigenvalue weighted by Gasteiger charge is -2.30. The molecule has 0 atom stereocenters. The zero-order valence-electron chi connectivity index (χ0n) is 12.4. The highest BCUT2D eigenvalue weighted by atomic mass is 19.1. The number of fused-ring (bicyclic) bond motifs is 1. The number of amides is 2. The first-order valence-electron chi connectivity index (χ1n) is 7.31. The van der Waals surface area contributed by atoms with Crippen molar-refractivity contribution >= 4 is 22.7 Å². The molecule has 0 aliphatic carbocycles. The smallest absolute Gasteiger partial charge is 0.270 e. The average Bonchev–Trinajstić information content (AvgIpc) is 2.85. The molecule has 0 saturated carbocycles. The molecule has 0 bridgehead atoms. The van der Waals surface area contributed by atoms with Gasteiger partial charge in [-0.2, -0.15) is 0 Å². The number of halogens is 1.